The molecule has 3 saturated heterocycles. The minimum absolute atomic E-state index is 0.0334. The third kappa shape index (κ3) is 7.00. The van der Waals surface area contributed by atoms with Gasteiger partial charge in [0.25, 0.3) is 17.7 Å². The molecule has 4 fully saturated rings. The molecule has 0 radical (unpaired) electrons. The van der Waals surface area contributed by atoms with Crippen LogP contribution in [0.4, 0.5) is 0 Å². The van der Waals surface area contributed by atoms with E-state index in [4.69, 9.17) is 16.3 Å². The molecule has 320 valence electrons. The van der Waals surface area contributed by atoms with Gasteiger partial charge in [0.15, 0.2) is 0 Å². The van der Waals surface area contributed by atoms with Crippen molar-refractivity contribution in [2.75, 3.05) is 26.2 Å². The van der Waals surface area contributed by atoms with Crippen LogP contribution in [0, 0.1) is 39.9 Å². The first-order valence-electron chi connectivity index (χ1n) is 21.6. The molecule has 1 aliphatic carbocycles. The number of nitriles is 1. The van der Waals surface area contributed by atoms with Gasteiger partial charge in [-0.25, -0.2) is 4.99 Å². The highest BCUT2D eigenvalue weighted by Crippen LogP contribution is 2.59. The average Bonchev–Trinajstić information content (AvgIpc) is 3.64. The number of aliphatic imine (C=N–C) groups is 1. The fourth-order valence-electron chi connectivity index (χ4n) is 11.3. The Morgan fingerprint density at radius 2 is 1.65 bits per heavy atom. The van der Waals surface area contributed by atoms with Gasteiger partial charge in [-0.15, -0.1) is 0 Å². The van der Waals surface area contributed by atoms with Crippen LogP contribution in [0.2, 0.25) is 5.02 Å². The number of fused-ring (bicyclic) bond motifs is 1. The predicted molar refractivity (Wildman–Crippen MR) is 230 cm³/mol. The number of nitrogens with one attached hydrogen (secondary N) is 1. The number of likely N-dealkylation sites (tertiary alicyclic amines) is 2. The number of piperidine rings is 2. The summed E-state index contributed by atoms with van der Waals surface area (Å²) in [6, 6.07) is 12.5. The Labute approximate surface area is 366 Å². The lowest BCUT2D eigenvalue weighted by atomic mass is 9.49. The molecule has 1 atom stereocenters. The van der Waals surface area contributed by atoms with Gasteiger partial charge in [0, 0.05) is 77.7 Å². The van der Waals surface area contributed by atoms with Crippen molar-refractivity contribution >= 4 is 47.4 Å². The SMILES string of the molecule is C/C1=C(\N2CC(N3CCC(C#Cc4ccc5c(c4)CN(C4C(C)(C)C(Oc6ccc(C#N)c(Cl)c6)C4(C)C)C5=O)CC3)C2)C=NC2=C(CC1)C(=O)N(C1CCC(=O)NC1=O)C2=O. The molecule has 0 aromatic heterocycles. The highest BCUT2D eigenvalue weighted by Gasteiger charge is 2.67. The Kier molecular flexibility index (Phi) is 10.4. The molecule has 2 aromatic rings. The van der Waals surface area contributed by atoms with E-state index >= 15 is 0 Å². The highest BCUT2D eigenvalue weighted by molar-refractivity contribution is 6.31. The number of ether oxygens (including phenoxy) is 1. The molecule has 6 heterocycles. The van der Waals surface area contributed by atoms with Crippen LogP contribution in [0.3, 0.4) is 0 Å². The number of hydrogen-bond acceptors (Lipinski definition) is 10. The van der Waals surface area contributed by atoms with Crippen LogP contribution < -0.4 is 10.1 Å². The Hall–Kier alpha value is -5.76. The van der Waals surface area contributed by atoms with E-state index in [2.05, 4.69) is 71.8 Å². The van der Waals surface area contributed by atoms with E-state index in [0.717, 1.165) is 71.9 Å². The van der Waals surface area contributed by atoms with Gasteiger partial charge in [-0.3, -0.25) is 39.1 Å². The maximum atomic E-state index is 13.9. The summed E-state index contributed by atoms with van der Waals surface area (Å²) in [5.74, 6) is 5.80. The molecular weight excluding hydrogens is 806 g/mol. The number of amides is 5. The van der Waals surface area contributed by atoms with Crippen molar-refractivity contribution < 1.29 is 28.7 Å². The normalized spacial score (nSPS) is 27.4. The first kappa shape index (κ1) is 41.6. The van der Waals surface area contributed by atoms with Gasteiger partial charge in [0.05, 0.1) is 22.5 Å². The van der Waals surface area contributed by atoms with Gasteiger partial charge in [-0.2, -0.15) is 5.26 Å². The molecule has 0 bridgehead atoms. The molecule has 62 heavy (non-hydrogen) atoms. The number of halogens is 1. The van der Waals surface area contributed by atoms with Crippen molar-refractivity contribution in [1.29, 1.82) is 5.26 Å². The van der Waals surface area contributed by atoms with Crippen molar-refractivity contribution in [3.8, 4) is 23.7 Å². The number of allylic oxidation sites excluding steroid dienone is 2. The van der Waals surface area contributed by atoms with Crippen LogP contribution in [0.15, 0.2) is 63.9 Å². The summed E-state index contributed by atoms with van der Waals surface area (Å²) in [6.07, 6.45) is 4.62. The van der Waals surface area contributed by atoms with Gasteiger partial charge < -0.3 is 14.5 Å². The summed E-state index contributed by atoms with van der Waals surface area (Å²) in [5.41, 5.74) is 4.84. The molecule has 5 amide bonds. The lowest BCUT2D eigenvalue weighted by Crippen LogP contribution is -2.74. The van der Waals surface area contributed by atoms with Crippen LogP contribution in [0.5, 0.6) is 5.75 Å². The zero-order valence-corrected chi connectivity index (χ0v) is 36.5. The molecule has 2 aromatic carbocycles. The third-order valence-electron chi connectivity index (χ3n) is 14.2. The minimum Gasteiger partial charge on any atom is -0.489 e. The Morgan fingerprint density at radius 1 is 0.903 bits per heavy atom. The zero-order chi connectivity index (χ0) is 43.8. The average molecular weight is 856 g/mol. The van der Waals surface area contributed by atoms with E-state index in [1.807, 2.05) is 24.0 Å². The molecule has 7 aliphatic rings. The summed E-state index contributed by atoms with van der Waals surface area (Å²) >= 11 is 6.30. The standard InChI is InChI=1S/C48H50ClN7O6/c1-27-6-12-35-40(44(61)56(43(35)60)37-14-15-39(57)52-41(37)58)51-23-38(27)54-25-32(26-54)53-18-16-28(17-19-53)7-8-29-9-13-34-31(20-29)24-55(42(34)59)45-47(2,3)46(48(45,4)5)62-33-11-10-30(22-50)36(49)21-33/h9-11,13,20-21,23,28,32,37,45-46H,6,12,14-19,24-26H2,1-5H3,(H,52,57,58)/b38-27+,51-23?. The van der Waals surface area contributed by atoms with Crippen molar-refractivity contribution in [3.63, 3.8) is 0 Å². The Morgan fingerprint density at radius 3 is 2.34 bits per heavy atom. The summed E-state index contributed by atoms with van der Waals surface area (Å²) in [7, 11) is 0. The number of hydrogen-bond donors (Lipinski definition) is 1. The number of rotatable bonds is 6. The molecule has 1 saturated carbocycles. The first-order valence-corrected chi connectivity index (χ1v) is 21.9. The maximum absolute atomic E-state index is 13.9. The lowest BCUT2D eigenvalue weighted by molar-refractivity contribution is -0.199. The number of nitrogens with zero attached hydrogens (tertiary/aromatic N) is 6. The van der Waals surface area contributed by atoms with Crippen molar-refractivity contribution in [1.82, 2.24) is 24.9 Å². The molecule has 13 nitrogen and oxygen atoms in total. The number of imide groups is 2. The predicted octanol–water partition coefficient (Wildman–Crippen LogP) is 5.36. The van der Waals surface area contributed by atoms with Crippen LogP contribution in [-0.4, -0.2) is 106 Å². The molecule has 9 rings (SSSR count). The lowest BCUT2D eigenvalue weighted by Gasteiger charge is -2.65. The topological polar surface area (TPSA) is 156 Å². The van der Waals surface area contributed by atoms with Crippen LogP contribution in [-0.2, 0) is 25.7 Å². The number of carbonyl (C=O) groups excluding carboxylic acids is 5. The quantitative estimate of drug-likeness (QED) is 0.299. The number of benzene rings is 2. The van der Waals surface area contributed by atoms with E-state index in [1.54, 1.807) is 24.4 Å². The monoisotopic (exact) mass is 855 g/mol. The van der Waals surface area contributed by atoms with Gasteiger partial charge in [0.2, 0.25) is 11.8 Å². The van der Waals surface area contributed by atoms with E-state index in [0.29, 0.717) is 47.3 Å². The summed E-state index contributed by atoms with van der Waals surface area (Å²) in [4.78, 5) is 77.1. The first-order chi connectivity index (χ1) is 29.6. The smallest absolute Gasteiger partial charge is 0.280 e. The molecule has 0 spiro atoms. The molecule has 6 aliphatic heterocycles. The van der Waals surface area contributed by atoms with Crippen LogP contribution >= 0.6 is 11.6 Å². The highest BCUT2D eigenvalue weighted by atomic mass is 35.5. The third-order valence-corrected chi connectivity index (χ3v) is 14.5. The van der Waals surface area contributed by atoms with Gasteiger partial charge in [-0.1, -0.05) is 51.1 Å². The van der Waals surface area contributed by atoms with Crippen molar-refractivity contribution in [3.05, 3.63) is 86.2 Å². The zero-order valence-electron chi connectivity index (χ0n) is 35.7. The van der Waals surface area contributed by atoms with Crippen LogP contribution in [0.25, 0.3) is 0 Å². The molecule has 14 heteroatoms. The minimum atomic E-state index is -1.01. The van der Waals surface area contributed by atoms with Gasteiger partial charge >= 0.3 is 0 Å². The number of carbonyl (C=O) groups is 5. The molecular formula is C48H50ClN7O6. The summed E-state index contributed by atoms with van der Waals surface area (Å²) < 4.78 is 6.48. The van der Waals surface area contributed by atoms with E-state index < -0.39 is 29.7 Å². The summed E-state index contributed by atoms with van der Waals surface area (Å²) in [5, 5.41) is 11.9. The Bertz CT molecular complexity index is 2510. The van der Waals surface area contributed by atoms with Crippen molar-refractivity contribution in [2.45, 2.75) is 104 Å². The van der Waals surface area contributed by atoms with Gasteiger partial charge in [-0.05, 0) is 93.6 Å². The maximum Gasteiger partial charge on any atom is 0.280 e. The molecule has 1 unspecified atom stereocenters. The Balaban J connectivity index is 0.774. The largest absolute Gasteiger partial charge is 0.489 e. The van der Waals surface area contributed by atoms with Crippen LogP contribution in [0.1, 0.15) is 100 Å². The van der Waals surface area contributed by atoms with E-state index in [1.165, 1.54) is 0 Å². The second-order valence-electron chi connectivity index (χ2n) is 18.9. The molecule has 1 N–H and O–H groups in total. The second kappa shape index (κ2) is 15.5. The van der Waals surface area contributed by atoms with Crippen molar-refractivity contribution in [2.24, 2.45) is 21.7 Å². The van der Waals surface area contributed by atoms with E-state index in [-0.39, 0.29) is 53.3 Å². The fourth-order valence-corrected chi connectivity index (χ4v) is 11.5. The van der Waals surface area contributed by atoms with Gasteiger partial charge in [0.1, 0.15) is 29.7 Å². The van der Waals surface area contributed by atoms with E-state index in [9.17, 15) is 29.2 Å². The fraction of sp³-hybridized carbons (Fsp3) is 0.479. The second-order valence-corrected chi connectivity index (χ2v) is 19.3. The summed E-state index contributed by atoms with van der Waals surface area (Å²) in [6.45, 7) is 14.7.